The third-order valence-corrected chi connectivity index (χ3v) is 5.14. The minimum absolute atomic E-state index is 0.159. The van der Waals surface area contributed by atoms with Crippen LogP contribution in [0.2, 0.25) is 0 Å². The first kappa shape index (κ1) is 17.1. The fourth-order valence-corrected chi connectivity index (χ4v) is 3.86. The van der Waals surface area contributed by atoms with Gasteiger partial charge in [-0.15, -0.1) is 0 Å². The van der Waals surface area contributed by atoms with Gasteiger partial charge in [-0.2, -0.15) is 4.99 Å². The summed E-state index contributed by atoms with van der Waals surface area (Å²) in [5.74, 6) is -0.400. The van der Waals surface area contributed by atoms with E-state index in [9.17, 15) is 19.7 Å². The quantitative estimate of drug-likeness (QED) is 0.458. The summed E-state index contributed by atoms with van der Waals surface area (Å²) in [4.78, 5) is 38.7. The van der Waals surface area contributed by atoms with E-state index in [1.54, 1.807) is 6.08 Å². The molecule has 0 fully saturated rings. The van der Waals surface area contributed by atoms with Crippen LogP contribution in [-0.2, 0) is 4.79 Å². The number of benzene rings is 2. The number of carbonyl (C=O) groups excluding carboxylic acids is 2. The van der Waals surface area contributed by atoms with Crippen molar-refractivity contribution in [2.24, 2.45) is 4.99 Å². The molecule has 124 valence electrons. The van der Waals surface area contributed by atoms with E-state index >= 15 is 0 Å². The Morgan fingerprint density at radius 2 is 1.92 bits per heavy atom. The second-order valence-electron chi connectivity index (χ2n) is 4.90. The van der Waals surface area contributed by atoms with Crippen molar-refractivity contribution in [2.45, 2.75) is 0 Å². The lowest BCUT2D eigenvalue weighted by Gasteiger charge is -2.00. The summed E-state index contributed by atoms with van der Waals surface area (Å²) < 4.78 is 0.309. The predicted octanol–water partition coefficient (Wildman–Crippen LogP) is 4.14. The first-order valence-electron chi connectivity index (χ1n) is 7.07. The highest BCUT2D eigenvalue weighted by molar-refractivity contribution is 8.46. The van der Waals surface area contributed by atoms with Crippen molar-refractivity contribution in [2.75, 3.05) is 0 Å². The molecule has 25 heavy (non-hydrogen) atoms. The van der Waals surface area contributed by atoms with Gasteiger partial charge in [0.15, 0.2) is 0 Å². The third-order valence-electron chi connectivity index (χ3n) is 3.17. The van der Waals surface area contributed by atoms with E-state index < -0.39 is 15.9 Å². The number of hydrogen-bond acceptors (Lipinski definition) is 6. The Balaban J connectivity index is 1.72. The molecule has 2 aromatic carbocycles. The number of hydrogen-bond donors (Lipinski definition) is 0. The molecule has 1 heterocycles. The van der Waals surface area contributed by atoms with Gasteiger partial charge in [-0.1, -0.05) is 48.2 Å². The molecule has 0 spiro atoms. The van der Waals surface area contributed by atoms with Gasteiger partial charge in [0.25, 0.3) is 11.6 Å². The molecule has 0 atom stereocenters. The molecule has 2 aromatic rings. The van der Waals surface area contributed by atoms with E-state index in [1.807, 2.05) is 30.3 Å². The molecule has 0 saturated heterocycles. The zero-order chi connectivity index (χ0) is 17.8. The Morgan fingerprint density at radius 3 is 2.64 bits per heavy atom. The van der Waals surface area contributed by atoms with Crippen LogP contribution in [-0.4, -0.2) is 20.3 Å². The van der Waals surface area contributed by atoms with E-state index in [0.717, 1.165) is 29.1 Å². The summed E-state index contributed by atoms with van der Waals surface area (Å²) in [5.41, 5.74) is 0.897. The van der Waals surface area contributed by atoms with Crippen molar-refractivity contribution in [1.82, 2.24) is 0 Å². The molecule has 0 bridgehead atoms. The van der Waals surface area contributed by atoms with Crippen molar-refractivity contribution >= 4 is 50.7 Å². The fraction of sp³-hybridized carbons (Fsp3) is 0. The molecule has 0 aliphatic carbocycles. The number of nitro benzene ring substituents is 1. The van der Waals surface area contributed by atoms with Crippen molar-refractivity contribution in [3.63, 3.8) is 0 Å². The zero-order valence-corrected chi connectivity index (χ0v) is 14.3. The predicted molar refractivity (Wildman–Crippen MR) is 99.5 cm³/mol. The first-order chi connectivity index (χ1) is 12.0. The molecule has 0 saturated carbocycles. The number of non-ortho nitro benzene ring substituents is 1. The smallest absolute Gasteiger partial charge is 0.281 e. The molecular formula is C17H10N2O4S2. The number of rotatable bonds is 3. The van der Waals surface area contributed by atoms with E-state index in [4.69, 9.17) is 0 Å². The van der Waals surface area contributed by atoms with Gasteiger partial charge in [-0.3, -0.25) is 19.7 Å². The molecule has 6 nitrogen and oxygen atoms in total. The Labute approximate surface area is 151 Å². The highest BCUT2D eigenvalue weighted by Gasteiger charge is 2.25. The number of thioether (sulfide) groups is 2. The standard InChI is InChI=1S/C17H10N2O4S2/c20-15-14(9-11-5-2-1-3-6-11)24-17(18-15)25-16(21)12-7-4-8-13(10-12)19(22)23/h1-10H/b14-9-. The normalized spacial score (nSPS) is 15.3. The van der Waals surface area contributed by atoms with Crippen molar-refractivity contribution in [3.8, 4) is 0 Å². The van der Waals surface area contributed by atoms with Crippen LogP contribution in [0.5, 0.6) is 0 Å². The number of carbonyl (C=O) groups is 2. The largest absolute Gasteiger partial charge is 0.285 e. The lowest BCUT2D eigenvalue weighted by molar-refractivity contribution is -0.384. The average molecular weight is 370 g/mol. The number of nitrogens with zero attached hydrogens (tertiary/aromatic N) is 2. The summed E-state index contributed by atoms with van der Waals surface area (Å²) in [6.45, 7) is 0. The molecule has 0 radical (unpaired) electrons. The van der Waals surface area contributed by atoms with Crippen molar-refractivity contribution in [3.05, 3.63) is 80.7 Å². The molecule has 8 heteroatoms. The minimum Gasteiger partial charge on any atom is -0.281 e. The number of nitro groups is 1. The highest BCUT2D eigenvalue weighted by Crippen LogP contribution is 2.35. The second-order valence-corrected chi connectivity index (χ2v) is 7.15. The van der Waals surface area contributed by atoms with Crippen molar-refractivity contribution < 1.29 is 14.5 Å². The molecule has 0 unspecified atom stereocenters. The van der Waals surface area contributed by atoms with Crippen LogP contribution in [0.1, 0.15) is 15.9 Å². The van der Waals surface area contributed by atoms with Gasteiger partial charge in [0, 0.05) is 17.7 Å². The summed E-state index contributed by atoms with van der Waals surface area (Å²) in [5, 5.41) is 10.4. The van der Waals surface area contributed by atoms with Gasteiger partial charge in [-0.25, -0.2) is 0 Å². The number of amides is 1. The Hall–Kier alpha value is -2.71. The van der Waals surface area contributed by atoms with Gasteiger partial charge < -0.3 is 0 Å². The summed E-state index contributed by atoms with van der Waals surface area (Å²) >= 11 is 1.91. The van der Waals surface area contributed by atoms with Gasteiger partial charge in [-0.05, 0) is 29.5 Å². The molecule has 1 amide bonds. The van der Waals surface area contributed by atoms with Crippen LogP contribution < -0.4 is 0 Å². The molecule has 1 aliphatic heterocycles. The Kier molecular flexibility index (Phi) is 5.11. The fourth-order valence-electron chi connectivity index (χ4n) is 2.02. The van der Waals surface area contributed by atoms with Gasteiger partial charge >= 0.3 is 0 Å². The van der Waals surface area contributed by atoms with E-state index in [0.29, 0.717) is 9.28 Å². The summed E-state index contributed by atoms with van der Waals surface area (Å²) in [7, 11) is 0. The monoisotopic (exact) mass is 370 g/mol. The van der Waals surface area contributed by atoms with Crippen LogP contribution in [0, 0.1) is 10.1 Å². The van der Waals surface area contributed by atoms with Gasteiger partial charge in [0.1, 0.15) is 4.38 Å². The van der Waals surface area contributed by atoms with Crippen molar-refractivity contribution in [1.29, 1.82) is 0 Å². The molecular weight excluding hydrogens is 360 g/mol. The van der Waals surface area contributed by atoms with E-state index in [2.05, 4.69) is 4.99 Å². The van der Waals surface area contributed by atoms with Gasteiger partial charge in [0.2, 0.25) is 5.12 Å². The zero-order valence-electron chi connectivity index (χ0n) is 12.6. The second kappa shape index (κ2) is 7.45. The number of aliphatic imine (C=N–C) groups is 1. The average Bonchev–Trinajstić information content (AvgIpc) is 2.95. The first-order valence-corrected chi connectivity index (χ1v) is 8.70. The van der Waals surface area contributed by atoms with Crippen LogP contribution in [0.3, 0.4) is 0 Å². The van der Waals surface area contributed by atoms with Crippen LogP contribution >= 0.6 is 23.5 Å². The topological polar surface area (TPSA) is 89.6 Å². The Bertz CT molecular complexity index is 923. The molecule has 1 aliphatic rings. The lowest BCUT2D eigenvalue weighted by atomic mass is 10.2. The molecule has 3 rings (SSSR count). The van der Waals surface area contributed by atoms with E-state index in [-0.39, 0.29) is 11.3 Å². The summed E-state index contributed by atoms with van der Waals surface area (Å²) in [6, 6.07) is 14.8. The minimum atomic E-state index is -0.562. The van der Waals surface area contributed by atoms with Crippen LogP contribution in [0.15, 0.2) is 64.5 Å². The van der Waals surface area contributed by atoms with Gasteiger partial charge in [0.05, 0.1) is 9.83 Å². The van der Waals surface area contributed by atoms with Crippen LogP contribution in [0.4, 0.5) is 5.69 Å². The maximum Gasteiger partial charge on any atom is 0.285 e. The maximum atomic E-state index is 12.3. The third kappa shape index (κ3) is 4.23. The van der Waals surface area contributed by atoms with Crippen LogP contribution in [0.25, 0.3) is 6.08 Å². The highest BCUT2D eigenvalue weighted by atomic mass is 32.2. The SMILES string of the molecule is O=C1N=C(SC(=O)c2cccc([N+](=O)[O-])c2)S/C1=C\c1ccccc1. The maximum absolute atomic E-state index is 12.3. The Morgan fingerprint density at radius 1 is 1.16 bits per heavy atom. The van der Waals surface area contributed by atoms with E-state index in [1.165, 1.54) is 24.3 Å². The lowest BCUT2D eigenvalue weighted by Crippen LogP contribution is -1.98. The summed E-state index contributed by atoms with van der Waals surface area (Å²) in [6.07, 6.45) is 1.71. The molecule has 0 N–H and O–H groups in total. The molecule has 0 aromatic heterocycles.